The zero-order chi connectivity index (χ0) is 16.3. The summed E-state index contributed by atoms with van der Waals surface area (Å²) in [7, 11) is 1.89. The molecule has 3 unspecified atom stereocenters. The van der Waals surface area contributed by atoms with Crippen molar-refractivity contribution in [1.82, 2.24) is 20.4 Å². The highest BCUT2D eigenvalue weighted by atomic mass is 16.4. The second-order valence-corrected chi connectivity index (χ2v) is 6.03. The number of carboxylic acid groups (broad SMARTS) is 1. The Kier molecular flexibility index (Phi) is 5.36. The second kappa shape index (κ2) is 7.06. The third-order valence-electron chi connectivity index (χ3n) is 4.26. The third kappa shape index (κ3) is 3.75. The molecule has 3 atom stereocenters. The van der Waals surface area contributed by atoms with Gasteiger partial charge in [-0.25, -0.2) is 0 Å². The Morgan fingerprint density at radius 2 is 2.05 bits per heavy atom. The maximum Gasteiger partial charge on any atom is 0.325 e. The predicted molar refractivity (Wildman–Crippen MR) is 79.3 cm³/mol. The van der Waals surface area contributed by atoms with Gasteiger partial charge in [-0.15, -0.1) is 0 Å². The average molecular weight is 312 g/mol. The minimum Gasteiger partial charge on any atom is -0.480 e. The van der Waals surface area contributed by atoms with E-state index in [1.807, 2.05) is 11.9 Å². The molecule has 3 N–H and O–H groups in total. The Bertz CT molecular complexity index is 450. The van der Waals surface area contributed by atoms with Gasteiger partial charge in [0.15, 0.2) is 0 Å². The van der Waals surface area contributed by atoms with Gasteiger partial charge in [0.2, 0.25) is 11.8 Å². The maximum absolute atomic E-state index is 12.6. The summed E-state index contributed by atoms with van der Waals surface area (Å²) in [6.07, 6.45) is 1.74. The standard InChI is InChI=1S/C14H24N4O4/c1-9(14(21)22)16-12(19)11-8-17(2)6-7-18(11)13(20)10-4-3-5-15-10/h9-11,15H,3-8H2,1-2H3,(H,16,19)(H,21,22). The summed E-state index contributed by atoms with van der Waals surface area (Å²) in [6, 6.07) is -1.84. The number of hydrogen-bond donors (Lipinski definition) is 3. The lowest BCUT2D eigenvalue weighted by Crippen LogP contribution is -2.63. The van der Waals surface area contributed by atoms with Crippen LogP contribution in [0.3, 0.4) is 0 Å². The number of carbonyl (C=O) groups excluding carboxylic acids is 2. The fourth-order valence-electron chi connectivity index (χ4n) is 2.87. The molecule has 124 valence electrons. The monoisotopic (exact) mass is 312 g/mol. The molecule has 0 bridgehead atoms. The number of carbonyl (C=O) groups is 3. The molecule has 0 aliphatic carbocycles. The minimum atomic E-state index is -1.09. The number of carboxylic acids is 1. The van der Waals surface area contributed by atoms with Crippen LogP contribution in [0.25, 0.3) is 0 Å². The number of nitrogens with one attached hydrogen (secondary N) is 2. The van der Waals surface area contributed by atoms with Crippen molar-refractivity contribution in [3.63, 3.8) is 0 Å². The van der Waals surface area contributed by atoms with Gasteiger partial charge in [-0.3, -0.25) is 14.4 Å². The van der Waals surface area contributed by atoms with E-state index in [4.69, 9.17) is 5.11 Å². The van der Waals surface area contributed by atoms with Crippen molar-refractivity contribution in [1.29, 1.82) is 0 Å². The highest BCUT2D eigenvalue weighted by Crippen LogP contribution is 2.15. The molecule has 0 aromatic rings. The highest BCUT2D eigenvalue weighted by Gasteiger charge is 2.38. The van der Waals surface area contributed by atoms with Gasteiger partial charge in [0.25, 0.3) is 0 Å². The van der Waals surface area contributed by atoms with Crippen LogP contribution in [-0.4, -0.2) is 84.0 Å². The number of nitrogens with zero attached hydrogens (tertiary/aromatic N) is 2. The van der Waals surface area contributed by atoms with Gasteiger partial charge in [0, 0.05) is 19.6 Å². The van der Waals surface area contributed by atoms with Crippen molar-refractivity contribution in [3.05, 3.63) is 0 Å². The van der Waals surface area contributed by atoms with E-state index in [9.17, 15) is 14.4 Å². The van der Waals surface area contributed by atoms with E-state index < -0.39 is 24.0 Å². The number of amides is 2. The third-order valence-corrected chi connectivity index (χ3v) is 4.26. The predicted octanol–water partition coefficient (Wildman–Crippen LogP) is -1.53. The van der Waals surface area contributed by atoms with E-state index in [1.165, 1.54) is 6.92 Å². The Morgan fingerprint density at radius 3 is 2.64 bits per heavy atom. The molecule has 2 saturated heterocycles. The van der Waals surface area contributed by atoms with Crippen LogP contribution in [0.1, 0.15) is 19.8 Å². The van der Waals surface area contributed by atoms with E-state index in [1.54, 1.807) is 4.90 Å². The molecule has 2 rings (SSSR count). The quantitative estimate of drug-likeness (QED) is 0.582. The molecule has 0 spiro atoms. The van der Waals surface area contributed by atoms with Crippen LogP contribution in [0.4, 0.5) is 0 Å². The molecule has 2 aliphatic rings. The molecule has 0 aromatic heterocycles. The number of hydrogen-bond acceptors (Lipinski definition) is 5. The molecule has 2 amide bonds. The van der Waals surface area contributed by atoms with Crippen LogP contribution < -0.4 is 10.6 Å². The first-order chi connectivity index (χ1) is 10.4. The first-order valence-electron chi connectivity index (χ1n) is 7.65. The van der Waals surface area contributed by atoms with Gasteiger partial charge in [-0.1, -0.05) is 0 Å². The van der Waals surface area contributed by atoms with Crippen LogP contribution in [0.2, 0.25) is 0 Å². The molecule has 2 heterocycles. The van der Waals surface area contributed by atoms with Crippen molar-refractivity contribution in [2.45, 2.75) is 37.9 Å². The Hall–Kier alpha value is -1.67. The van der Waals surface area contributed by atoms with Crippen LogP contribution in [0.5, 0.6) is 0 Å². The van der Waals surface area contributed by atoms with Crippen LogP contribution in [-0.2, 0) is 14.4 Å². The molecule has 0 aromatic carbocycles. The summed E-state index contributed by atoms with van der Waals surface area (Å²) in [5.41, 5.74) is 0. The normalized spacial score (nSPS) is 27.5. The summed E-state index contributed by atoms with van der Waals surface area (Å²) in [4.78, 5) is 39.4. The van der Waals surface area contributed by atoms with E-state index in [0.29, 0.717) is 19.6 Å². The zero-order valence-electron chi connectivity index (χ0n) is 13.0. The molecule has 2 aliphatic heterocycles. The zero-order valence-corrected chi connectivity index (χ0v) is 13.0. The topological polar surface area (TPSA) is 102 Å². The summed E-state index contributed by atoms with van der Waals surface area (Å²) >= 11 is 0. The van der Waals surface area contributed by atoms with Crippen molar-refractivity contribution in [3.8, 4) is 0 Å². The fourth-order valence-corrected chi connectivity index (χ4v) is 2.87. The molecular weight excluding hydrogens is 288 g/mol. The molecular formula is C14H24N4O4. The van der Waals surface area contributed by atoms with E-state index in [-0.39, 0.29) is 11.9 Å². The number of aliphatic carboxylic acids is 1. The van der Waals surface area contributed by atoms with Crippen molar-refractivity contribution < 1.29 is 19.5 Å². The van der Waals surface area contributed by atoms with Gasteiger partial charge < -0.3 is 25.5 Å². The van der Waals surface area contributed by atoms with Gasteiger partial charge in [0.1, 0.15) is 12.1 Å². The second-order valence-electron chi connectivity index (χ2n) is 6.03. The number of likely N-dealkylation sites (N-methyl/N-ethyl adjacent to an activating group) is 1. The van der Waals surface area contributed by atoms with Crippen molar-refractivity contribution in [2.24, 2.45) is 0 Å². The maximum atomic E-state index is 12.6. The first kappa shape index (κ1) is 16.7. The smallest absolute Gasteiger partial charge is 0.325 e. The van der Waals surface area contributed by atoms with Crippen LogP contribution in [0.15, 0.2) is 0 Å². The number of piperazine rings is 1. The lowest BCUT2D eigenvalue weighted by atomic mass is 10.1. The summed E-state index contributed by atoms with van der Waals surface area (Å²) in [6.45, 7) is 3.83. The molecule has 2 fully saturated rings. The lowest BCUT2D eigenvalue weighted by molar-refractivity contribution is -0.147. The molecule has 0 radical (unpaired) electrons. The Morgan fingerprint density at radius 1 is 1.32 bits per heavy atom. The molecule has 0 saturated carbocycles. The van der Waals surface area contributed by atoms with Gasteiger partial charge in [0.05, 0.1) is 6.04 Å². The summed E-state index contributed by atoms with van der Waals surface area (Å²) in [5.74, 6) is -1.56. The Labute approximate surface area is 129 Å². The van der Waals surface area contributed by atoms with Gasteiger partial charge in [-0.05, 0) is 33.4 Å². The summed E-state index contributed by atoms with van der Waals surface area (Å²) in [5, 5.41) is 14.5. The van der Waals surface area contributed by atoms with Gasteiger partial charge in [-0.2, -0.15) is 0 Å². The lowest BCUT2D eigenvalue weighted by Gasteiger charge is -2.40. The summed E-state index contributed by atoms with van der Waals surface area (Å²) < 4.78 is 0. The molecule has 8 nitrogen and oxygen atoms in total. The van der Waals surface area contributed by atoms with E-state index in [0.717, 1.165) is 19.4 Å². The average Bonchev–Trinajstić information content (AvgIpc) is 3.00. The minimum absolute atomic E-state index is 0.0614. The van der Waals surface area contributed by atoms with Crippen molar-refractivity contribution in [2.75, 3.05) is 33.2 Å². The molecule has 22 heavy (non-hydrogen) atoms. The highest BCUT2D eigenvalue weighted by molar-refractivity contribution is 5.92. The van der Waals surface area contributed by atoms with Crippen LogP contribution in [0, 0.1) is 0 Å². The first-order valence-corrected chi connectivity index (χ1v) is 7.65. The SMILES string of the molecule is CC(NC(=O)C1CN(C)CCN1C(=O)C1CCCN1)C(=O)O. The number of rotatable bonds is 4. The largest absolute Gasteiger partial charge is 0.480 e. The van der Waals surface area contributed by atoms with Crippen LogP contribution >= 0.6 is 0 Å². The van der Waals surface area contributed by atoms with Crippen molar-refractivity contribution >= 4 is 17.8 Å². The van der Waals surface area contributed by atoms with E-state index in [2.05, 4.69) is 10.6 Å². The van der Waals surface area contributed by atoms with Gasteiger partial charge >= 0.3 is 5.97 Å². The fraction of sp³-hybridized carbons (Fsp3) is 0.786. The van der Waals surface area contributed by atoms with E-state index >= 15 is 0 Å². The molecule has 8 heteroatoms. The Balaban J connectivity index is 2.07.